The van der Waals surface area contributed by atoms with Crippen molar-refractivity contribution in [3.63, 3.8) is 0 Å². The standard InChI is InChI=1S/C20H25N3O2S/c1-15-11-16(2)13-18(12-15)20(25)23-8-6-22(7-9-23)5-4-21-19(24)17-3-10-26-14-17/h3,10-14H,4-9H2,1-2H3,(H,21,24). The van der Waals surface area contributed by atoms with Crippen molar-refractivity contribution in [2.75, 3.05) is 39.3 Å². The molecule has 0 aliphatic carbocycles. The summed E-state index contributed by atoms with van der Waals surface area (Å²) >= 11 is 1.52. The molecule has 1 aromatic carbocycles. The lowest BCUT2D eigenvalue weighted by Crippen LogP contribution is -2.50. The predicted molar refractivity (Wildman–Crippen MR) is 105 cm³/mol. The van der Waals surface area contributed by atoms with Crippen LogP contribution in [-0.2, 0) is 0 Å². The second kappa shape index (κ2) is 8.47. The minimum Gasteiger partial charge on any atom is -0.351 e. The normalized spacial score (nSPS) is 15.1. The van der Waals surface area contributed by atoms with E-state index in [1.807, 2.05) is 47.7 Å². The fraction of sp³-hybridized carbons (Fsp3) is 0.400. The lowest BCUT2D eigenvalue weighted by atomic mass is 10.1. The number of piperazine rings is 1. The van der Waals surface area contributed by atoms with E-state index < -0.39 is 0 Å². The van der Waals surface area contributed by atoms with Crippen molar-refractivity contribution in [2.45, 2.75) is 13.8 Å². The highest BCUT2D eigenvalue weighted by atomic mass is 32.1. The SMILES string of the molecule is Cc1cc(C)cc(C(=O)N2CCN(CCNC(=O)c3ccsc3)CC2)c1. The molecule has 0 spiro atoms. The van der Waals surface area contributed by atoms with Crippen LogP contribution in [0, 0.1) is 13.8 Å². The predicted octanol–water partition coefficient (Wildman–Crippen LogP) is 2.55. The zero-order valence-electron chi connectivity index (χ0n) is 15.3. The van der Waals surface area contributed by atoms with Crippen molar-refractivity contribution in [2.24, 2.45) is 0 Å². The van der Waals surface area contributed by atoms with Gasteiger partial charge in [-0.1, -0.05) is 17.2 Å². The summed E-state index contributed by atoms with van der Waals surface area (Å²) in [6, 6.07) is 7.83. The summed E-state index contributed by atoms with van der Waals surface area (Å²) in [5.41, 5.74) is 3.74. The topological polar surface area (TPSA) is 52.7 Å². The minimum absolute atomic E-state index is 0.0186. The third-order valence-electron chi connectivity index (χ3n) is 4.63. The fourth-order valence-corrected chi connectivity index (χ4v) is 3.91. The van der Waals surface area contributed by atoms with Gasteiger partial charge in [-0.25, -0.2) is 0 Å². The van der Waals surface area contributed by atoms with E-state index in [1.54, 1.807) is 0 Å². The van der Waals surface area contributed by atoms with Gasteiger partial charge in [-0.3, -0.25) is 14.5 Å². The van der Waals surface area contributed by atoms with Crippen LogP contribution < -0.4 is 5.32 Å². The van der Waals surface area contributed by atoms with Crippen molar-refractivity contribution >= 4 is 23.2 Å². The van der Waals surface area contributed by atoms with Crippen LogP contribution in [0.1, 0.15) is 31.8 Å². The summed E-state index contributed by atoms with van der Waals surface area (Å²) in [7, 11) is 0. The molecule has 0 unspecified atom stereocenters. The molecule has 1 aliphatic heterocycles. The molecule has 6 heteroatoms. The zero-order valence-corrected chi connectivity index (χ0v) is 16.1. The number of hydrogen-bond donors (Lipinski definition) is 1. The maximum Gasteiger partial charge on any atom is 0.253 e. The molecule has 1 saturated heterocycles. The first kappa shape index (κ1) is 18.6. The number of aryl methyl sites for hydroxylation is 2. The van der Waals surface area contributed by atoms with Crippen molar-refractivity contribution in [1.82, 2.24) is 15.1 Å². The summed E-state index contributed by atoms with van der Waals surface area (Å²) in [4.78, 5) is 28.8. The summed E-state index contributed by atoms with van der Waals surface area (Å²) < 4.78 is 0. The molecule has 5 nitrogen and oxygen atoms in total. The monoisotopic (exact) mass is 371 g/mol. The molecule has 2 aromatic rings. The number of hydrogen-bond acceptors (Lipinski definition) is 4. The molecule has 1 aromatic heterocycles. The first-order valence-corrected chi connectivity index (χ1v) is 9.87. The van der Waals surface area contributed by atoms with Gasteiger partial charge in [0.15, 0.2) is 0 Å². The van der Waals surface area contributed by atoms with Gasteiger partial charge in [0.05, 0.1) is 0 Å². The van der Waals surface area contributed by atoms with Crippen LogP contribution in [0.4, 0.5) is 0 Å². The molecule has 2 heterocycles. The van der Waals surface area contributed by atoms with Gasteiger partial charge in [0.2, 0.25) is 0 Å². The van der Waals surface area contributed by atoms with E-state index in [9.17, 15) is 9.59 Å². The molecule has 0 radical (unpaired) electrons. The van der Waals surface area contributed by atoms with Crippen LogP contribution in [0.5, 0.6) is 0 Å². The number of carbonyl (C=O) groups is 2. The molecular weight excluding hydrogens is 346 g/mol. The average molecular weight is 372 g/mol. The van der Waals surface area contributed by atoms with Gasteiger partial charge in [0, 0.05) is 55.8 Å². The third kappa shape index (κ3) is 4.71. The van der Waals surface area contributed by atoms with Crippen LogP contribution in [0.3, 0.4) is 0 Å². The Bertz CT molecular complexity index is 745. The molecular formula is C20H25N3O2S. The van der Waals surface area contributed by atoms with Crippen LogP contribution in [0.15, 0.2) is 35.0 Å². The Morgan fingerprint density at radius 1 is 1.04 bits per heavy atom. The van der Waals surface area contributed by atoms with Gasteiger partial charge in [-0.15, -0.1) is 0 Å². The van der Waals surface area contributed by atoms with Gasteiger partial charge >= 0.3 is 0 Å². The molecule has 0 bridgehead atoms. The van der Waals surface area contributed by atoms with Crippen molar-refractivity contribution < 1.29 is 9.59 Å². The van der Waals surface area contributed by atoms with Crippen LogP contribution in [0.25, 0.3) is 0 Å². The van der Waals surface area contributed by atoms with Gasteiger partial charge in [-0.2, -0.15) is 11.3 Å². The number of amides is 2. The van der Waals surface area contributed by atoms with E-state index >= 15 is 0 Å². The zero-order chi connectivity index (χ0) is 18.5. The maximum absolute atomic E-state index is 12.7. The molecule has 1 N–H and O–H groups in total. The maximum atomic E-state index is 12.7. The molecule has 26 heavy (non-hydrogen) atoms. The van der Waals surface area contributed by atoms with E-state index in [1.165, 1.54) is 11.3 Å². The smallest absolute Gasteiger partial charge is 0.253 e. The molecule has 3 rings (SSSR count). The van der Waals surface area contributed by atoms with Crippen LogP contribution in [-0.4, -0.2) is 60.9 Å². The first-order valence-electron chi connectivity index (χ1n) is 8.93. The van der Waals surface area contributed by atoms with E-state index in [0.717, 1.165) is 55.0 Å². The first-order chi connectivity index (χ1) is 12.5. The Balaban J connectivity index is 1.44. The van der Waals surface area contributed by atoms with E-state index in [4.69, 9.17) is 0 Å². The fourth-order valence-electron chi connectivity index (χ4n) is 3.28. The number of rotatable bonds is 5. The van der Waals surface area contributed by atoms with Crippen molar-refractivity contribution in [1.29, 1.82) is 0 Å². The number of carbonyl (C=O) groups excluding carboxylic acids is 2. The van der Waals surface area contributed by atoms with E-state index in [0.29, 0.717) is 6.54 Å². The Labute approximate surface area is 158 Å². The summed E-state index contributed by atoms with van der Waals surface area (Å²) in [5.74, 6) is 0.0945. The van der Waals surface area contributed by atoms with Gasteiger partial charge in [0.1, 0.15) is 0 Å². The van der Waals surface area contributed by atoms with E-state index in [2.05, 4.69) is 16.3 Å². The van der Waals surface area contributed by atoms with Gasteiger partial charge in [-0.05, 0) is 37.4 Å². The van der Waals surface area contributed by atoms with Gasteiger partial charge < -0.3 is 10.2 Å². The Morgan fingerprint density at radius 3 is 2.35 bits per heavy atom. The molecule has 138 valence electrons. The van der Waals surface area contributed by atoms with Crippen LogP contribution in [0.2, 0.25) is 0 Å². The quantitative estimate of drug-likeness (QED) is 0.879. The Kier molecular flexibility index (Phi) is 6.06. The lowest BCUT2D eigenvalue weighted by molar-refractivity contribution is 0.0638. The number of benzene rings is 1. The molecule has 0 atom stereocenters. The largest absolute Gasteiger partial charge is 0.351 e. The highest BCUT2D eigenvalue weighted by Gasteiger charge is 2.22. The van der Waals surface area contributed by atoms with Gasteiger partial charge in [0.25, 0.3) is 11.8 Å². The second-order valence-corrected chi connectivity index (χ2v) is 7.56. The van der Waals surface area contributed by atoms with E-state index in [-0.39, 0.29) is 11.8 Å². The Hall–Kier alpha value is -2.18. The number of thiophene rings is 1. The average Bonchev–Trinajstić information content (AvgIpc) is 3.15. The molecule has 0 saturated carbocycles. The summed E-state index contributed by atoms with van der Waals surface area (Å²) in [6.45, 7) is 8.60. The number of nitrogens with zero attached hydrogens (tertiary/aromatic N) is 2. The summed E-state index contributed by atoms with van der Waals surface area (Å²) in [5, 5.41) is 6.71. The molecule has 2 amide bonds. The number of nitrogens with one attached hydrogen (secondary N) is 1. The molecule has 1 aliphatic rings. The van der Waals surface area contributed by atoms with Crippen molar-refractivity contribution in [3.8, 4) is 0 Å². The minimum atomic E-state index is -0.0186. The second-order valence-electron chi connectivity index (χ2n) is 6.78. The highest BCUT2D eigenvalue weighted by molar-refractivity contribution is 7.08. The van der Waals surface area contributed by atoms with Crippen LogP contribution >= 0.6 is 11.3 Å². The van der Waals surface area contributed by atoms with Crippen molar-refractivity contribution in [3.05, 3.63) is 57.3 Å². The summed E-state index contributed by atoms with van der Waals surface area (Å²) in [6.07, 6.45) is 0. The lowest BCUT2D eigenvalue weighted by Gasteiger charge is -2.34. The highest BCUT2D eigenvalue weighted by Crippen LogP contribution is 2.13. The molecule has 1 fully saturated rings. The Morgan fingerprint density at radius 2 is 1.73 bits per heavy atom. The third-order valence-corrected chi connectivity index (χ3v) is 5.31.